The predicted octanol–water partition coefficient (Wildman–Crippen LogP) is 3.47. The lowest BCUT2D eigenvalue weighted by atomic mass is 10.1. The summed E-state index contributed by atoms with van der Waals surface area (Å²) in [5.41, 5.74) is 12.3. The van der Waals surface area contributed by atoms with Crippen molar-refractivity contribution in [2.24, 2.45) is 5.73 Å². The summed E-state index contributed by atoms with van der Waals surface area (Å²) in [6.07, 6.45) is 0. The van der Waals surface area contributed by atoms with Crippen LogP contribution in [0.5, 0.6) is 0 Å². The largest absolute Gasteiger partial charge is 0.399 e. The fourth-order valence-corrected chi connectivity index (χ4v) is 4.13. The number of nitrogen functional groups attached to an aromatic ring is 2. The Hall–Kier alpha value is -2.79. The maximum Gasteiger partial charge on any atom is 0.294 e. The maximum atomic E-state index is 13.2. The van der Waals surface area contributed by atoms with Crippen molar-refractivity contribution >= 4 is 71.0 Å². The van der Waals surface area contributed by atoms with Crippen molar-refractivity contribution in [3.05, 3.63) is 61.7 Å². The van der Waals surface area contributed by atoms with Crippen molar-refractivity contribution in [3.8, 4) is 11.3 Å². The molecule has 0 aliphatic heterocycles. The van der Waals surface area contributed by atoms with Crippen LogP contribution in [0.1, 0.15) is 23.6 Å². The first kappa shape index (κ1) is 29.2. The number of carbonyl (C=O) groups is 1. The highest BCUT2D eigenvalue weighted by atomic mass is 35.5. The van der Waals surface area contributed by atoms with Gasteiger partial charge in [0, 0.05) is 22.2 Å². The average Bonchev–Trinajstić information content (AvgIpc) is 3.19. The van der Waals surface area contributed by atoms with Crippen LogP contribution in [-0.2, 0) is 17.9 Å². The average molecular weight is 547 g/mol. The lowest BCUT2D eigenvalue weighted by Gasteiger charge is -2.17. The summed E-state index contributed by atoms with van der Waals surface area (Å²) in [5.74, 6) is -0.342. The van der Waals surface area contributed by atoms with Gasteiger partial charge in [-0.1, -0.05) is 23.7 Å². The first-order valence-corrected chi connectivity index (χ1v) is 11.0. The molecule has 1 aromatic carbocycles. The summed E-state index contributed by atoms with van der Waals surface area (Å²) in [6, 6.07) is 10.3. The molecular formula is C21H26Cl3N7O2S. The van der Waals surface area contributed by atoms with E-state index in [1.807, 2.05) is 13.8 Å². The SMILES string of the molecule is CC(C)Nc1nc(Cl)c(-c2cccc(N)c2)n(CC(=O)NCc2ccc(C(=N)N)s2)c1=O.Cl.Cl. The lowest BCUT2D eigenvalue weighted by molar-refractivity contribution is -0.121. The molecule has 7 N–H and O–H groups in total. The second kappa shape index (κ2) is 12.6. The molecule has 34 heavy (non-hydrogen) atoms. The summed E-state index contributed by atoms with van der Waals surface area (Å²) < 4.78 is 1.29. The highest BCUT2D eigenvalue weighted by Gasteiger charge is 2.20. The second-order valence-electron chi connectivity index (χ2n) is 7.37. The smallest absolute Gasteiger partial charge is 0.294 e. The van der Waals surface area contributed by atoms with Gasteiger partial charge in [0.1, 0.15) is 12.4 Å². The molecule has 0 radical (unpaired) electrons. The zero-order chi connectivity index (χ0) is 23.4. The van der Waals surface area contributed by atoms with Gasteiger partial charge in [-0.25, -0.2) is 4.98 Å². The molecule has 184 valence electrons. The first-order valence-electron chi connectivity index (χ1n) is 9.78. The van der Waals surface area contributed by atoms with Crippen LogP contribution < -0.4 is 27.7 Å². The fraction of sp³-hybridized carbons (Fsp3) is 0.238. The highest BCUT2D eigenvalue weighted by molar-refractivity contribution is 7.14. The quantitative estimate of drug-likeness (QED) is 0.166. The van der Waals surface area contributed by atoms with Crippen LogP contribution in [0.4, 0.5) is 11.5 Å². The van der Waals surface area contributed by atoms with E-state index in [2.05, 4.69) is 15.6 Å². The van der Waals surface area contributed by atoms with Gasteiger partial charge in [-0.2, -0.15) is 0 Å². The van der Waals surface area contributed by atoms with E-state index in [1.165, 1.54) is 15.9 Å². The Labute approximate surface area is 218 Å². The number of amides is 1. The number of nitrogens with one attached hydrogen (secondary N) is 3. The highest BCUT2D eigenvalue weighted by Crippen LogP contribution is 2.27. The summed E-state index contributed by atoms with van der Waals surface area (Å²) in [4.78, 5) is 31.6. The number of hydrogen-bond acceptors (Lipinski definition) is 7. The number of hydrogen-bond donors (Lipinski definition) is 5. The molecule has 9 nitrogen and oxygen atoms in total. The maximum absolute atomic E-state index is 13.2. The summed E-state index contributed by atoms with van der Waals surface area (Å²) in [5, 5.41) is 13.3. The fourth-order valence-electron chi connectivity index (χ4n) is 3.02. The van der Waals surface area contributed by atoms with Crippen molar-refractivity contribution in [1.29, 1.82) is 5.41 Å². The number of nitrogens with two attached hydrogens (primary N) is 2. The number of benzene rings is 1. The topological polar surface area (TPSA) is 152 Å². The van der Waals surface area contributed by atoms with E-state index in [-0.39, 0.29) is 66.7 Å². The van der Waals surface area contributed by atoms with Gasteiger partial charge in [-0.3, -0.25) is 19.6 Å². The zero-order valence-corrected chi connectivity index (χ0v) is 21.6. The molecule has 2 heterocycles. The van der Waals surface area contributed by atoms with Crippen LogP contribution >= 0.6 is 47.8 Å². The van der Waals surface area contributed by atoms with Crippen LogP contribution in [0.25, 0.3) is 11.3 Å². The molecule has 13 heteroatoms. The van der Waals surface area contributed by atoms with E-state index >= 15 is 0 Å². The number of aromatic nitrogens is 2. The van der Waals surface area contributed by atoms with Crippen molar-refractivity contribution in [2.75, 3.05) is 11.1 Å². The Bertz CT molecular complexity index is 1230. The molecule has 3 aromatic rings. The molecule has 0 aliphatic carbocycles. The monoisotopic (exact) mass is 545 g/mol. The molecule has 0 atom stereocenters. The third kappa shape index (κ3) is 7.10. The van der Waals surface area contributed by atoms with Gasteiger partial charge in [0.2, 0.25) is 5.91 Å². The molecule has 0 aliphatic rings. The first-order chi connectivity index (χ1) is 15.2. The normalized spacial score (nSPS) is 10.2. The molecule has 0 spiro atoms. The second-order valence-corrected chi connectivity index (χ2v) is 8.90. The van der Waals surface area contributed by atoms with Crippen molar-refractivity contribution in [2.45, 2.75) is 33.0 Å². The van der Waals surface area contributed by atoms with E-state index in [9.17, 15) is 9.59 Å². The van der Waals surface area contributed by atoms with Gasteiger partial charge in [0.15, 0.2) is 11.0 Å². The van der Waals surface area contributed by atoms with E-state index in [1.54, 1.807) is 36.4 Å². The Morgan fingerprint density at radius 2 is 1.97 bits per heavy atom. The number of thiophene rings is 1. The molecule has 0 bridgehead atoms. The third-order valence-electron chi connectivity index (χ3n) is 4.40. The molecule has 3 rings (SSSR count). The van der Waals surface area contributed by atoms with Gasteiger partial charge in [0.25, 0.3) is 5.56 Å². The molecule has 0 saturated carbocycles. The van der Waals surface area contributed by atoms with Crippen molar-refractivity contribution in [1.82, 2.24) is 14.9 Å². The van der Waals surface area contributed by atoms with E-state index in [0.717, 1.165) is 4.88 Å². The number of amidine groups is 1. The minimum absolute atomic E-state index is 0. The van der Waals surface area contributed by atoms with Crippen LogP contribution in [0, 0.1) is 5.41 Å². The number of nitrogens with zero attached hydrogens (tertiary/aromatic N) is 2. The molecule has 2 aromatic heterocycles. The summed E-state index contributed by atoms with van der Waals surface area (Å²) >= 11 is 7.77. The van der Waals surface area contributed by atoms with Crippen LogP contribution in [0.2, 0.25) is 5.15 Å². The van der Waals surface area contributed by atoms with Gasteiger partial charge in [0.05, 0.1) is 17.1 Å². The summed E-state index contributed by atoms with van der Waals surface area (Å²) in [7, 11) is 0. The number of anilines is 2. The van der Waals surface area contributed by atoms with Gasteiger partial charge in [-0.15, -0.1) is 36.2 Å². The van der Waals surface area contributed by atoms with E-state index < -0.39 is 5.56 Å². The molecule has 1 amide bonds. The minimum atomic E-state index is -0.467. The molecule has 0 unspecified atom stereocenters. The Balaban J connectivity index is 0.00000289. The standard InChI is InChI=1S/C21H24ClN7O2S.2ClH/c1-11(2)27-20-21(31)29(17(18(22)28-20)12-4-3-5-13(23)8-12)10-16(30)26-9-14-6-7-15(32-14)19(24)25;;/h3-8,11H,9-10,23H2,1-2H3,(H3,24,25)(H,26,30)(H,27,28);2*1H. The number of carbonyl (C=O) groups excluding carboxylic acids is 1. The van der Waals surface area contributed by atoms with Gasteiger partial charge in [-0.05, 0) is 38.1 Å². The molecular weight excluding hydrogens is 521 g/mol. The Morgan fingerprint density at radius 1 is 1.26 bits per heavy atom. The number of rotatable bonds is 8. The zero-order valence-electron chi connectivity index (χ0n) is 18.4. The molecule has 0 fully saturated rings. The summed E-state index contributed by atoms with van der Waals surface area (Å²) in [6.45, 7) is 3.72. The third-order valence-corrected chi connectivity index (χ3v) is 5.78. The molecule has 0 saturated heterocycles. The van der Waals surface area contributed by atoms with Crippen LogP contribution in [-0.4, -0.2) is 27.3 Å². The Kier molecular flexibility index (Phi) is 10.8. The number of halogens is 3. The van der Waals surface area contributed by atoms with Crippen molar-refractivity contribution < 1.29 is 4.79 Å². The van der Waals surface area contributed by atoms with E-state index in [4.69, 9.17) is 28.5 Å². The van der Waals surface area contributed by atoms with Crippen LogP contribution in [0.15, 0.2) is 41.2 Å². The van der Waals surface area contributed by atoms with Crippen LogP contribution in [0.3, 0.4) is 0 Å². The minimum Gasteiger partial charge on any atom is -0.399 e. The van der Waals surface area contributed by atoms with E-state index in [0.29, 0.717) is 21.8 Å². The Morgan fingerprint density at radius 3 is 2.56 bits per heavy atom. The van der Waals surface area contributed by atoms with Gasteiger partial charge >= 0.3 is 0 Å². The van der Waals surface area contributed by atoms with Gasteiger partial charge < -0.3 is 22.1 Å². The lowest BCUT2D eigenvalue weighted by Crippen LogP contribution is -2.35. The van der Waals surface area contributed by atoms with Crippen molar-refractivity contribution in [3.63, 3.8) is 0 Å². The predicted molar refractivity (Wildman–Crippen MR) is 144 cm³/mol.